The monoisotopic (exact) mass is 476 g/mol. The van der Waals surface area contributed by atoms with Gasteiger partial charge in [-0.2, -0.15) is 0 Å². The Morgan fingerprint density at radius 1 is 0.818 bits per heavy atom. The van der Waals surface area contributed by atoms with Crippen molar-refractivity contribution in [3.05, 3.63) is 95.9 Å². The molecule has 0 aliphatic heterocycles. The predicted octanol–water partition coefficient (Wildman–Crippen LogP) is 5.81. The summed E-state index contributed by atoms with van der Waals surface area (Å²) in [6.07, 6.45) is 0.412. The average Bonchev–Trinajstić information content (AvgIpc) is 3.28. The van der Waals surface area contributed by atoms with Gasteiger partial charge in [0.05, 0.1) is 17.2 Å². The van der Waals surface area contributed by atoms with E-state index in [1.54, 1.807) is 12.1 Å². The molecule has 5 nitrogen and oxygen atoms in total. The zero-order chi connectivity index (χ0) is 23.1. The van der Waals surface area contributed by atoms with Gasteiger partial charge in [0.2, 0.25) is 5.91 Å². The molecule has 3 aromatic carbocycles. The van der Waals surface area contributed by atoms with Crippen molar-refractivity contribution >= 4 is 32.2 Å². The van der Waals surface area contributed by atoms with Crippen molar-refractivity contribution in [2.24, 2.45) is 0 Å². The maximum atomic E-state index is 12.3. The number of aromatic nitrogens is 1. The number of nitrogens with one attached hydrogen (secondary N) is 1. The lowest BCUT2D eigenvalue weighted by Crippen LogP contribution is -2.15. The number of sulfone groups is 1. The van der Waals surface area contributed by atoms with Gasteiger partial charge in [0.15, 0.2) is 15.0 Å². The van der Waals surface area contributed by atoms with Gasteiger partial charge < -0.3 is 5.32 Å². The summed E-state index contributed by atoms with van der Waals surface area (Å²) in [6.45, 7) is 0. The molecule has 0 fully saturated rings. The zero-order valence-electron chi connectivity index (χ0n) is 18.0. The first-order chi connectivity index (χ1) is 16.0. The first kappa shape index (κ1) is 22.9. The van der Waals surface area contributed by atoms with Crippen LogP contribution >= 0.6 is 11.3 Å². The summed E-state index contributed by atoms with van der Waals surface area (Å²) in [5.74, 6) is -0.258. The molecule has 1 aromatic heterocycles. The fraction of sp³-hybridized carbons (Fsp3) is 0.154. The van der Waals surface area contributed by atoms with Crippen molar-refractivity contribution in [2.45, 2.75) is 18.6 Å². The second-order valence-electron chi connectivity index (χ2n) is 7.71. The highest BCUT2D eigenvalue weighted by Crippen LogP contribution is 2.27. The van der Waals surface area contributed by atoms with Gasteiger partial charge in [0.25, 0.3) is 0 Å². The van der Waals surface area contributed by atoms with Crippen molar-refractivity contribution in [3.8, 4) is 22.4 Å². The van der Waals surface area contributed by atoms with Gasteiger partial charge >= 0.3 is 0 Å². The predicted molar refractivity (Wildman–Crippen MR) is 135 cm³/mol. The Balaban J connectivity index is 1.28. The van der Waals surface area contributed by atoms with E-state index in [2.05, 4.69) is 34.6 Å². The first-order valence-electron chi connectivity index (χ1n) is 10.6. The van der Waals surface area contributed by atoms with Gasteiger partial charge in [-0.15, -0.1) is 11.3 Å². The summed E-state index contributed by atoms with van der Waals surface area (Å²) in [6, 6.07) is 27.4. The second kappa shape index (κ2) is 10.6. The van der Waals surface area contributed by atoms with E-state index in [1.165, 1.54) is 11.3 Å². The molecule has 0 atom stereocenters. The van der Waals surface area contributed by atoms with Crippen LogP contribution in [0.15, 0.2) is 90.3 Å². The van der Waals surface area contributed by atoms with Crippen LogP contribution < -0.4 is 5.32 Å². The molecule has 0 aliphatic rings. The van der Waals surface area contributed by atoms with E-state index >= 15 is 0 Å². The van der Waals surface area contributed by atoms with E-state index in [1.807, 2.05) is 53.9 Å². The number of nitrogens with zero attached hydrogens (tertiary/aromatic N) is 1. The fourth-order valence-electron chi connectivity index (χ4n) is 3.46. The van der Waals surface area contributed by atoms with Crippen LogP contribution in [0.1, 0.15) is 18.4 Å². The largest absolute Gasteiger partial charge is 0.302 e. The number of rotatable bonds is 9. The number of carbonyl (C=O) groups is 1. The molecular weight excluding hydrogens is 452 g/mol. The number of amides is 1. The molecule has 0 unspecified atom stereocenters. The molecule has 0 saturated heterocycles. The quantitative estimate of drug-likeness (QED) is 0.331. The minimum absolute atomic E-state index is 0.00559. The minimum atomic E-state index is -3.25. The highest BCUT2D eigenvalue weighted by molar-refractivity contribution is 7.90. The first-order valence-corrected chi connectivity index (χ1v) is 13.3. The van der Waals surface area contributed by atoms with Gasteiger partial charge in [-0.1, -0.05) is 84.9 Å². The van der Waals surface area contributed by atoms with E-state index in [4.69, 9.17) is 0 Å². The molecule has 7 heteroatoms. The number of hydrogen-bond acceptors (Lipinski definition) is 5. The van der Waals surface area contributed by atoms with E-state index in [-0.39, 0.29) is 30.3 Å². The van der Waals surface area contributed by atoms with Gasteiger partial charge in [-0.05, 0) is 23.1 Å². The molecule has 1 N–H and O–H groups in total. The molecule has 1 heterocycles. The zero-order valence-corrected chi connectivity index (χ0v) is 19.6. The van der Waals surface area contributed by atoms with E-state index < -0.39 is 9.84 Å². The third-order valence-electron chi connectivity index (χ3n) is 5.13. The van der Waals surface area contributed by atoms with Crippen LogP contribution in [0, 0.1) is 0 Å². The maximum absolute atomic E-state index is 12.3. The lowest BCUT2D eigenvalue weighted by atomic mass is 10.0. The number of thiazole rings is 1. The summed E-state index contributed by atoms with van der Waals surface area (Å²) < 4.78 is 24.5. The van der Waals surface area contributed by atoms with Gasteiger partial charge in [0, 0.05) is 17.4 Å². The van der Waals surface area contributed by atoms with Crippen LogP contribution in [0.5, 0.6) is 0 Å². The third-order valence-corrected chi connectivity index (χ3v) is 7.57. The highest BCUT2D eigenvalue weighted by Gasteiger charge is 2.14. The summed E-state index contributed by atoms with van der Waals surface area (Å²) in [5.41, 5.74) is 4.80. The maximum Gasteiger partial charge on any atom is 0.226 e. The Kier molecular flexibility index (Phi) is 7.32. The van der Waals surface area contributed by atoms with Crippen LogP contribution in [0.25, 0.3) is 22.4 Å². The number of carbonyl (C=O) groups excluding carboxylic acids is 1. The van der Waals surface area contributed by atoms with Crippen LogP contribution in [-0.4, -0.2) is 25.1 Å². The van der Waals surface area contributed by atoms with Gasteiger partial charge in [0.1, 0.15) is 0 Å². The molecule has 4 rings (SSSR count). The Hall–Kier alpha value is -3.29. The average molecular weight is 477 g/mol. The summed E-state index contributed by atoms with van der Waals surface area (Å²) in [5, 5.41) is 5.19. The van der Waals surface area contributed by atoms with Crippen molar-refractivity contribution in [1.29, 1.82) is 0 Å². The van der Waals surface area contributed by atoms with Crippen molar-refractivity contribution in [2.75, 3.05) is 11.1 Å². The van der Waals surface area contributed by atoms with E-state index in [0.29, 0.717) is 5.13 Å². The van der Waals surface area contributed by atoms with Crippen molar-refractivity contribution < 1.29 is 13.2 Å². The molecule has 0 aliphatic carbocycles. The summed E-state index contributed by atoms with van der Waals surface area (Å²) in [4.78, 5) is 16.8. The molecule has 0 spiro atoms. The molecule has 4 aromatic rings. The molecule has 0 radical (unpaired) electrons. The molecule has 0 bridgehead atoms. The number of anilines is 1. The lowest BCUT2D eigenvalue weighted by molar-refractivity contribution is -0.116. The summed E-state index contributed by atoms with van der Waals surface area (Å²) >= 11 is 1.35. The normalized spacial score (nSPS) is 11.3. The Morgan fingerprint density at radius 2 is 1.42 bits per heavy atom. The van der Waals surface area contributed by atoms with Gasteiger partial charge in [-0.3, -0.25) is 4.79 Å². The van der Waals surface area contributed by atoms with Crippen LogP contribution in [0.3, 0.4) is 0 Å². The topological polar surface area (TPSA) is 76.1 Å². The van der Waals surface area contributed by atoms with Gasteiger partial charge in [-0.25, -0.2) is 13.4 Å². The van der Waals surface area contributed by atoms with E-state index in [0.717, 1.165) is 27.9 Å². The number of benzene rings is 3. The lowest BCUT2D eigenvalue weighted by Gasteiger charge is -2.05. The van der Waals surface area contributed by atoms with Crippen LogP contribution in [-0.2, 0) is 20.4 Å². The smallest absolute Gasteiger partial charge is 0.226 e. The number of hydrogen-bond donors (Lipinski definition) is 1. The Bertz CT molecular complexity index is 1300. The highest BCUT2D eigenvalue weighted by atomic mass is 32.2. The molecule has 0 saturated carbocycles. The molecule has 168 valence electrons. The molecule has 33 heavy (non-hydrogen) atoms. The van der Waals surface area contributed by atoms with Crippen molar-refractivity contribution in [3.63, 3.8) is 0 Å². The van der Waals surface area contributed by atoms with Crippen LogP contribution in [0.2, 0.25) is 0 Å². The molecule has 1 amide bonds. The molecular formula is C26H24N2O3S2. The minimum Gasteiger partial charge on any atom is -0.302 e. The van der Waals surface area contributed by atoms with Crippen molar-refractivity contribution in [1.82, 2.24) is 4.98 Å². The standard InChI is InChI=1S/C26H24N2O3S2/c29-25(12-7-17-33(30,31)19-20-8-3-1-4-9-20)28-26-27-24(18-32-26)23-15-13-22(14-16-23)21-10-5-2-6-11-21/h1-6,8-11,13-16,18H,7,12,17,19H2,(H,27,28,29). The van der Waals surface area contributed by atoms with E-state index in [9.17, 15) is 13.2 Å². The Labute approximate surface area is 198 Å². The third kappa shape index (κ3) is 6.60. The summed E-state index contributed by atoms with van der Waals surface area (Å²) in [7, 11) is -3.25. The Morgan fingerprint density at radius 3 is 2.12 bits per heavy atom. The van der Waals surface area contributed by atoms with Crippen LogP contribution in [0.4, 0.5) is 5.13 Å². The second-order valence-corrected chi connectivity index (χ2v) is 10.8. The fourth-order valence-corrected chi connectivity index (χ4v) is 5.63. The SMILES string of the molecule is O=C(CCCS(=O)(=O)Cc1ccccc1)Nc1nc(-c2ccc(-c3ccccc3)cc2)cs1.